The predicted molar refractivity (Wildman–Crippen MR) is 99.2 cm³/mol. The number of pyridine rings is 1. The molecule has 7 nitrogen and oxygen atoms in total. The van der Waals surface area contributed by atoms with Crippen molar-refractivity contribution in [1.82, 2.24) is 15.2 Å². The van der Waals surface area contributed by atoms with E-state index in [-0.39, 0.29) is 24.3 Å². The van der Waals surface area contributed by atoms with Crippen LogP contribution in [0.2, 0.25) is 0 Å². The third kappa shape index (κ3) is 3.85. The molecule has 1 aliphatic heterocycles. The van der Waals surface area contributed by atoms with Gasteiger partial charge in [-0.1, -0.05) is 22.0 Å². The zero-order chi connectivity index (χ0) is 19.0. The third-order valence-corrected chi connectivity index (χ3v) is 4.95. The van der Waals surface area contributed by atoms with E-state index < -0.39 is 11.9 Å². The Kier molecular flexibility index (Phi) is 4.65. The lowest BCUT2D eigenvalue weighted by Crippen LogP contribution is -2.45. The molecule has 1 aromatic heterocycles. The number of hydrogen-bond acceptors (Lipinski definition) is 5. The number of ether oxygens (including phenoxy) is 1. The Balaban J connectivity index is 1.51. The molecule has 1 aliphatic carbocycles. The SMILES string of the molecule is O=C1CC(N(C(=O)c2ccc(Oc3cccc(Br)c3)nc2)C2CC2)C(=O)N1. The van der Waals surface area contributed by atoms with Crippen molar-refractivity contribution in [2.75, 3.05) is 0 Å². The van der Waals surface area contributed by atoms with Crippen LogP contribution in [0.1, 0.15) is 29.6 Å². The lowest BCUT2D eigenvalue weighted by atomic mass is 10.1. The fourth-order valence-electron chi connectivity index (χ4n) is 3.05. The van der Waals surface area contributed by atoms with Crippen LogP contribution in [0.4, 0.5) is 0 Å². The molecule has 1 saturated heterocycles. The first-order chi connectivity index (χ1) is 13.0. The summed E-state index contributed by atoms with van der Waals surface area (Å²) in [6, 6.07) is 9.83. The van der Waals surface area contributed by atoms with Crippen LogP contribution >= 0.6 is 15.9 Å². The number of amides is 3. The van der Waals surface area contributed by atoms with Gasteiger partial charge in [0.05, 0.1) is 12.0 Å². The molecule has 138 valence electrons. The van der Waals surface area contributed by atoms with Gasteiger partial charge in [-0.05, 0) is 37.1 Å². The van der Waals surface area contributed by atoms with Crippen LogP contribution in [-0.2, 0) is 9.59 Å². The number of imide groups is 1. The molecule has 4 rings (SSSR count). The molecule has 2 aromatic rings. The van der Waals surface area contributed by atoms with Gasteiger partial charge in [0.15, 0.2) is 0 Å². The van der Waals surface area contributed by atoms with Crippen molar-refractivity contribution in [2.45, 2.75) is 31.3 Å². The van der Waals surface area contributed by atoms with E-state index in [1.165, 1.54) is 11.1 Å². The van der Waals surface area contributed by atoms with Crippen molar-refractivity contribution in [3.05, 3.63) is 52.6 Å². The maximum absolute atomic E-state index is 12.9. The van der Waals surface area contributed by atoms with Crippen molar-refractivity contribution in [1.29, 1.82) is 0 Å². The highest BCUT2D eigenvalue weighted by Crippen LogP contribution is 2.32. The minimum atomic E-state index is -0.741. The molecule has 1 saturated carbocycles. The van der Waals surface area contributed by atoms with Crippen molar-refractivity contribution in [3.8, 4) is 11.6 Å². The summed E-state index contributed by atoms with van der Waals surface area (Å²) < 4.78 is 6.56. The van der Waals surface area contributed by atoms with Crippen molar-refractivity contribution in [2.24, 2.45) is 0 Å². The van der Waals surface area contributed by atoms with E-state index >= 15 is 0 Å². The second-order valence-corrected chi connectivity index (χ2v) is 7.44. The molecule has 0 bridgehead atoms. The Morgan fingerprint density at radius 1 is 1.22 bits per heavy atom. The number of hydrogen-bond donors (Lipinski definition) is 1. The second-order valence-electron chi connectivity index (χ2n) is 6.52. The average Bonchev–Trinajstić information content (AvgIpc) is 3.41. The molecule has 2 fully saturated rings. The summed E-state index contributed by atoms with van der Waals surface area (Å²) in [4.78, 5) is 42.2. The molecule has 1 N–H and O–H groups in total. The minimum absolute atomic E-state index is 0.00301. The highest BCUT2D eigenvalue weighted by Gasteiger charge is 2.44. The van der Waals surface area contributed by atoms with Gasteiger partial charge in [0.2, 0.25) is 17.7 Å². The normalized spacial score (nSPS) is 18.9. The second kappa shape index (κ2) is 7.11. The molecule has 1 atom stereocenters. The number of nitrogens with zero attached hydrogens (tertiary/aromatic N) is 2. The van der Waals surface area contributed by atoms with Crippen molar-refractivity contribution < 1.29 is 19.1 Å². The van der Waals surface area contributed by atoms with E-state index in [9.17, 15) is 14.4 Å². The van der Waals surface area contributed by atoms with Crippen LogP contribution in [-0.4, -0.2) is 39.7 Å². The first-order valence-electron chi connectivity index (χ1n) is 8.57. The van der Waals surface area contributed by atoms with Gasteiger partial charge in [0.25, 0.3) is 5.91 Å². The number of carbonyl (C=O) groups is 3. The average molecular weight is 430 g/mol. The van der Waals surface area contributed by atoms with Crippen LogP contribution in [0, 0.1) is 0 Å². The van der Waals surface area contributed by atoms with E-state index in [1.54, 1.807) is 18.2 Å². The zero-order valence-corrected chi connectivity index (χ0v) is 15.8. The summed E-state index contributed by atoms with van der Waals surface area (Å²) in [6.45, 7) is 0. The van der Waals surface area contributed by atoms with Crippen LogP contribution in [0.5, 0.6) is 11.6 Å². The number of carbonyl (C=O) groups excluding carboxylic acids is 3. The van der Waals surface area contributed by atoms with E-state index in [0.717, 1.165) is 17.3 Å². The van der Waals surface area contributed by atoms with Gasteiger partial charge >= 0.3 is 0 Å². The van der Waals surface area contributed by atoms with E-state index in [0.29, 0.717) is 17.2 Å². The molecular weight excluding hydrogens is 414 g/mol. The molecule has 3 amide bonds. The molecule has 2 heterocycles. The molecule has 8 heteroatoms. The lowest BCUT2D eigenvalue weighted by Gasteiger charge is -2.26. The van der Waals surface area contributed by atoms with E-state index in [1.807, 2.05) is 18.2 Å². The Morgan fingerprint density at radius 2 is 2.04 bits per heavy atom. The van der Waals surface area contributed by atoms with E-state index in [4.69, 9.17) is 4.74 Å². The first kappa shape index (κ1) is 17.7. The monoisotopic (exact) mass is 429 g/mol. The maximum Gasteiger partial charge on any atom is 0.256 e. The van der Waals surface area contributed by atoms with Gasteiger partial charge in [-0.2, -0.15) is 0 Å². The largest absolute Gasteiger partial charge is 0.439 e. The van der Waals surface area contributed by atoms with Crippen LogP contribution in [0.3, 0.4) is 0 Å². The number of benzene rings is 1. The fraction of sp³-hybridized carbons (Fsp3) is 0.263. The smallest absolute Gasteiger partial charge is 0.256 e. The lowest BCUT2D eigenvalue weighted by molar-refractivity contribution is -0.126. The summed E-state index contributed by atoms with van der Waals surface area (Å²) in [5, 5.41) is 2.27. The quantitative estimate of drug-likeness (QED) is 0.737. The molecule has 27 heavy (non-hydrogen) atoms. The molecule has 1 aromatic carbocycles. The summed E-state index contributed by atoms with van der Waals surface area (Å²) in [7, 11) is 0. The third-order valence-electron chi connectivity index (χ3n) is 4.46. The highest BCUT2D eigenvalue weighted by molar-refractivity contribution is 9.10. The van der Waals surface area contributed by atoms with Gasteiger partial charge in [0, 0.05) is 22.8 Å². The summed E-state index contributed by atoms with van der Waals surface area (Å²) in [5.74, 6) is -0.0795. The van der Waals surface area contributed by atoms with Gasteiger partial charge in [-0.15, -0.1) is 0 Å². The number of rotatable bonds is 5. The zero-order valence-electron chi connectivity index (χ0n) is 14.2. The number of aromatic nitrogens is 1. The summed E-state index contributed by atoms with van der Waals surface area (Å²) >= 11 is 3.38. The fourth-order valence-corrected chi connectivity index (χ4v) is 3.42. The van der Waals surface area contributed by atoms with Gasteiger partial charge in [-0.25, -0.2) is 4.98 Å². The Hall–Kier alpha value is -2.74. The standard InChI is InChI=1S/C19H16BrN3O4/c20-12-2-1-3-14(8-12)27-17-7-4-11(10-21-17)19(26)23(13-5-6-13)15-9-16(24)22-18(15)25/h1-4,7-8,10,13,15H,5-6,9H2,(H,22,24,25). The molecule has 0 spiro atoms. The summed E-state index contributed by atoms with van der Waals surface area (Å²) in [6.07, 6.45) is 3.11. The van der Waals surface area contributed by atoms with Gasteiger partial charge in [-0.3, -0.25) is 19.7 Å². The summed E-state index contributed by atoms with van der Waals surface area (Å²) in [5.41, 5.74) is 0.357. The van der Waals surface area contributed by atoms with Crippen molar-refractivity contribution >= 4 is 33.7 Å². The molecule has 0 radical (unpaired) electrons. The maximum atomic E-state index is 12.9. The van der Waals surface area contributed by atoms with Crippen LogP contribution < -0.4 is 10.1 Å². The molecule has 1 unspecified atom stereocenters. The minimum Gasteiger partial charge on any atom is -0.439 e. The topological polar surface area (TPSA) is 88.6 Å². The Bertz CT molecular complexity index is 911. The molecule has 2 aliphatic rings. The number of halogens is 1. The van der Waals surface area contributed by atoms with Gasteiger partial charge < -0.3 is 9.64 Å². The van der Waals surface area contributed by atoms with Crippen LogP contribution in [0.15, 0.2) is 47.1 Å². The Morgan fingerprint density at radius 3 is 2.63 bits per heavy atom. The molecular formula is C19H16BrN3O4. The predicted octanol–water partition coefficient (Wildman–Crippen LogP) is 2.66. The van der Waals surface area contributed by atoms with Crippen molar-refractivity contribution in [3.63, 3.8) is 0 Å². The number of nitrogens with one attached hydrogen (secondary N) is 1. The van der Waals surface area contributed by atoms with Gasteiger partial charge in [0.1, 0.15) is 11.8 Å². The first-order valence-corrected chi connectivity index (χ1v) is 9.36. The highest BCUT2D eigenvalue weighted by atomic mass is 79.9. The van der Waals surface area contributed by atoms with E-state index in [2.05, 4.69) is 26.2 Å². The van der Waals surface area contributed by atoms with Crippen LogP contribution in [0.25, 0.3) is 0 Å². The Labute approximate surface area is 163 Å².